The summed E-state index contributed by atoms with van der Waals surface area (Å²) in [5.41, 5.74) is 0.387. The van der Waals surface area contributed by atoms with Gasteiger partial charge in [0.25, 0.3) is 0 Å². The number of nitrogens with one attached hydrogen (secondary N) is 1. The third-order valence-corrected chi connectivity index (χ3v) is 5.48. The lowest BCUT2D eigenvalue weighted by atomic mass is 10.0. The standard InChI is InChI=1S/C20H30ClN3O2/c1-4-23-11-13-24(14-12-23)20(2,3)15-22-19(26)10-9-18(25)16-7-5-6-8-17(16)21/h5-8H,4,9-15H2,1-3H3,(H,22,26). The molecule has 1 heterocycles. The molecule has 1 aliphatic rings. The molecule has 26 heavy (non-hydrogen) atoms. The average Bonchev–Trinajstić information content (AvgIpc) is 2.65. The molecule has 5 nitrogen and oxygen atoms in total. The Morgan fingerprint density at radius 3 is 2.38 bits per heavy atom. The second-order valence-electron chi connectivity index (χ2n) is 7.41. The number of ketones is 1. The Morgan fingerprint density at radius 2 is 1.77 bits per heavy atom. The monoisotopic (exact) mass is 379 g/mol. The topological polar surface area (TPSA) is 52.6 Å². The number of amides is 1. The van der Waals surface area contributed by atoms with E-state index < -0.39 is 0 Å². The van der Waals surface area contributed by atoms with Gasteiger partial charge < -0.3 is 10.2 Å². The number of halogens is 1. The molecule has 0 atom stereocenters. The van der Waals surface area contributed by atoms with Crippen LogP contribution in [0.4, 0.5) is 0 Å². The van der Waals surface area contributed by atoms with E-state index in [0.29, 0.717) is 17.1 Å². The number of rotatable bonds is 8. The van der Waals surface area contributed by atoms with Crippen LogP contribution < -0.4 is 5.32 Å². The van der Waals surface area contributed by atoms with Gasteiger partial charge >= 0.3 is 0 Å². The van der Waals surface area contributed by atoms with Gasteiger partial charge in [0, 0.05) is 56.7 Å². The number of nitrogens with zero attached hydrogens (tertiary/aromatic N) is 2. The van der Waals surface area contributed by atoms with Crippen molar-refractivity contribution in [2.45, 2.75) is 39.2 Å². The predicted molar refractivity (Wildman–Crippen MR) is 106 cm³/mol. The van der Waals surface area contributed by atoms with Crippen molar-refractivity contribution in [3.05, 3.63) is 34.9 Å². The van der Waals surface area contributed by atoms with Crippen LogP contribution in [0.15, 0.2) is 24.3 Å². The van der Waals surface area contributed by atoms with Gasteiger partial charge in [0.1, 0.15) is 0 Å². The number of piperazine rings is 1. The largest absolute Gasteiger partial charge is 0.354 e. The van der Waals surface area contributed by atoms with Gasteiger partial charge in [-0.05, 0) is 32.5 Å². The van der Waals surface area contributed by atoms with E-state index in [1.54, 1.807) is 24.3 Å². The average molecular weight is 380 g/mol. The minimum Gasteiger partial charge on any atom is -0.354 e. The van der Waals surface area contributed by atoms with Gasteiger partial charge in [-0.25, -0.2) is 0 Å². The van der Waals surface area contributed by atoms with Gasteiger partial charge in [0.2, 0.25) is 5.91 Å². The van der Waals surface area contributed by atoms with Crippen molar-refractivity contribution in [1.29, 1.82) is 0 Å². The summed E-state index contributed by atoms with van der Waals surface area (Å²) in [6.07, 6.45) is 0.356. The first-order valence-corrected chi connectivity index (χ1v) is 9.73. The molecule has 1 amide bonds. The normalized spacial score (nSPS) is 16.5. The van der Waals surface area contributed by atoms with Crippen LogP contribution in [0, 0.1) is 0 Å². The molecule has 0 saturated carbocycles. The van der Waals surface area contributed by atoms with E-state index >= 15 is 0 Å². The molecule has 1 N–H and O–H groups in total. The summed E-state index contributed by atoms with van der Waals surface area (Å²) >= 11 is 6.03. The van der Waals surface area contributed by atoms with Gasteiger partial charge in [0.15, 0.2) is 5.78 Å². The van der Waals surface area contributed by atoms with Crippen LogP contribution in [0.3, 0.4) is 0 Å². The summed E-state index contributed by atoms with van der Waals surface area (Å²) in [7, 11) is 0. The zero-order valence-electron chi connectivity index (χ0n) is 16.1. The maximum Gasteiger partial charge on any atom is 0.220 e. The van der Waals surface area contributed by atoms with E-state index in [9.17, 15) is 9.59 Å². The molecule has 1 saturated heterocycles. The van der Waals surface area contributed by atoms with Crippen molar-refractivity contribution in [3.8, 4) is 0 Å². The molecule has 2 rings (SSSR count). The SMILES string of the molecule is CCN1CCN(C(C)(C)CNC(=O)CCC(=O)c2ccccc2Cl)CC1. The van der Waals surface area contributed by atoms with E-state index in [-0.39, 0.29) is 30.1 Å². The third-order valence-electron chi connectivity index (χ3n) is 5.15. The molecule has 0 radical (unpaired) electrons. The predicted octanol–water partition coefficient (Wildman–Crippen LogP) is 2.84. The zero-order chi connectivity index (χ0) is 19.2. The lowest BCUT2D eigenvalue weighted by Crippen LogP contribution is -2.58. The highest BCUT2D eigenvalue weighted by Crippen LogP contribution is 2.18. The molecule has 0 unspecified atom stereocenters. The first kappa shape index (κ1) is 20.9. The molecule has 1 aliphatic heterocycles. The lowest BCUT2D eigenvalue weighted by Gasteiger charge is -2.44. The summed E-state index contributed by atoms with van der Waals surface area (Å²) in [5, 5.41) is 3.42. The van der Waals surface area contributed by atoms with Gasteiger partial charge in [-0.1, -0.05) is 30.7 Å². The fraction of sp³-hybridized carbons (Fsp3) is 0.600. The molecule has 0 aromatic heterocycles. The third kappa shape index (κ3) is 5.79. The van der Waals surface area contributed by atoms with E-state index in [0.717, 1.165) is 32.7 Å². The Hall–Kier alpha value is -1.43. The first-order chi connectivity index (χ1) is 12.3. The number of hydrogen-bond donors (Lipinski definition) is 1. The van der Waals surface area contributed by atoms with Crippen LogP contribution in [0.25, 0.3) is 0 Å². The summed E-state index contributed by atoms with van der Waals surface area (Å²) < 4.78 is 0. The fourth-order valence-corrected chi connectivity index (χ4v) is 3.47. The smallest absolute Gasteiger partial charge is 0.220 e. The van der Waals surface area contributed by atoms with Crippen LogP contribution in [0.2, 0.25) is 5.02 Å². The Bertz CT molecular complexity index is 625. The van der Waals surface area contributed by atoms with Crippen molar-refractivity contribution in [2.75, 3.05) is 39.3 Å². The molecular weight excluding hydrogens is 350 g/mol. The molecular formula is C20H30ClN3O2. The maximum atomic E-state index is 12.2. The molecule has 0 aliphatic carbocycles. The number of likely N-dealkylation sites (N-methyl/N-ethyl adjacent to an activating group) is 1. The summed E-state index contributed by atoms with van der Waals surface area (Å²) in [6, 6.07) is 6.95. The quantitative estimate of drug-likeness (QED) is 0.706. The molecule has 6 heteroatoms. The van der Waals surface area contributed by atoms with E-state index in [2.05, 4.69) is 35.9 Å². The van der Waals surface area contributed by atoms with Gasteiger partial charge in [0.05, 0.1) is 5.02 Å². The number of benzene rings is 1. The Morgan fingerprint density at radius 1 is 1.12 bits per heavy atom. The first-order valence-electron chi connectivity index (χ1n) is 9.35. The summed E-state index contributed by atoms with van der Waals surface area (Å²) in [5.74, 6) is -0.189. The van der Waals surface area contributed by atoms with Crippen LogP contribution in [-0.2, 0) is 4.79 Å². The molecule has 1 fully saturated rings. The van der Waals surface area contributed by atoms with Gasteiger partial charge in [-0.3, -0.25) is 14.5 Å². The van der Waals surface area contributed by atoms with Gasteiger partial charge in [-0.2, -0.15) is 0 Å². The minimum absolute atomic E-state index is 0.0920. The summed E-state index contributed by atoms with van der Waals surface area (Å²) in [4.78, 5) is 29.2. The van der Waals surface area contributed by atoms with Crippen LogP contribution >= 0.6 is 11.6 Å². The highest BCUT2D eigenvalue weighted by molar-refractivity contribution is 6.34. The van der Waals surface area contributed by atoms with E-state index in [1.165, 1.54) is 0 Å². The van der Waals surface area contributed by atoms with E-state index in [1.807, 2.05) is 0 Å². The Kier molecular flexibility index (Phi) is 7.62. The fourth-order valence-electron chi connectivity index (χ4n) is 3.23. The van der Waals surface area contributed by atoms with Crippen molar-refractivity contribution in [2.24, 2.45) is 0 Å². The number of Topliss-reactive ketones (excluding diaryl/α,β-unsaturated/α-hetero) is 1. The minimum atomic E-state index is -0.0966. The van der Waals surface area contributed by atoms with Crippen LogP contribution in [0.1, 0.15) is 44.0 Å². The number of carbonyl (C=O) groups excluding carboxylic acids is 2. The molecule has 0 bridgehead atoms. The Balaban J connectivity index is 1.76. The number of carbonyl (C=O) groups is 2. The van der Waals surface area contributed by atoms with E-state index in [4.69, 9.17) is 11.6 Å². The summed E-state index contributed by atoms with van der Waals surface area (Å²) in [6.45, 7) is 12.3. The molecule has 144 valence electrons. The molecule has 0 spiro atoms. The highest BCUT2D eigenvalue weighted by atomic mass is 35.5. The van der Waals surface area contributed by atoms with Crippen LogP contribution in [-0.4, -0.2) is 66.3 Å². The van der Waals surface area contributed by atoms with Crippen molar-refractivity contribution >= 4 is 23.3 Å². The second-order valence-corrected chi connectivity index (χ2v) is 7.82. The maximum absolute atomic E-state index is 12.2. The highest BCUT2D eigenvalue weighted by Gasteiger charge is 2.29. The van der Waals surface area contributed by atoms with Crippen molar-refractivity contribution < 1.29 is 9.59 Å². The Labute approximate surface area is 161 Å². The molecule has 1 aromatic rings. The van der Waals surface area contributed by atoms with Gasteiger partial charge in [-0.15, -0.1) is 0 Å². The van der Waals surface area contributed by atoms with Crippen molar-refractivity contribution in [3.63, 3.8) is 0 Å². The second kappa shape index (κ2) is 9.49. The lowest BCUT2D eigenvalue weighted by molar-refractivity contribution is -0.121. The molecule has 1 aromatic carbocycles. The van der Waals surface area contributed by atoms with Crippen molar-refractivity contribution in [1.82, 2.24) is 15.1 Å². The zero-order valence-corrected chi connectivity index (χ0v) is 16.8. The number of hydrogen-bond acceptors (Lipinski definition) is 4. The van der Waals surface area contributed by atoms with Crippen LogP contribution in [0.5, 0.6) is 0 Å².